The zero-order valence-corrected chi connectivity index (χ0v) is 20.5. The van der Waals surface area contributed by atoms with Gasteiger partial charge in [0.1, 0.15) is 6.54 Å². The molecule has 0 aromatic heterocycles. The van der Waals surface area contributed by atoms with Crippen LogP contribution in [-0.2, 0) is 20.9 Å². The number of aryl methyl sites for hydroxylation is 2. The first-order chi connectivity index (χ1) is 16.3. The predicted octanol–water partition coefficient (Wildman–Crippen LogP) is 3.90. The number of carbonyl (C=O) groups excluding carboxylic acids is 2. The van der Waals surface area contributed by atoms with E-state index < -0.39 is 0 Å². The highest BCUT2D eigenvalue weighted by atomic mass is 16.3. The minimum absolute atomic E-state index is 0.0166. The molecule has 184 valence electrons. The third-order valence-electron chi connectivity index (χ3n) is 6.30. The molecule has 2 unspecified atom stereocenters. The monoisotopic (exact) mass is 468 g/mol. The topological polar surface area (TPSA) is 95.5 Å². The van der Waals surface area contributed by atoms with Crippen molar-refractivity contribution in [3.63, 3.8) is 0 Å². The number of likely N-dealkylation sites (tertiary alicyclic amines) is 1. The van der Waals surface area contributed by atoms with Crippen molar-refractivity contribution < 1.29 is 24.0 Å². The second kappa shape index (κ2) is 13.5. The summed E-state index contributed by atoms with van der Waals surface area (Å²) in [4.78, 5) is 34.3. The molecule has 1 heterocycles. The fourth-order valence-corrected chi connectivity index (χ4v) is 4.74. The maximum Gasteiger partial charge on any atom is 0.290 e. The first-order valence-corrected chi connectivity index (χ1v) is 11.9. The van der Waals surface area contributed by atoms with E-state index in [4.69, 9.17) is 9.90 Å². The van der Waals surface area contributed by atoms with Crippen LogP contribution in [0.2, 0.25) is 0 Å². The lowest BCUT2D eigenvalue weighted by atomic mass is 9.93. The molecule has 0 aliphatic carbocycles. The van der Waals surface area contributed by atoms with Gasteiger partial charge < -0.3 is 20.2 Å². The molecule has 1 saturated heterocycles. The van der Waals surface area contributed by atoms with Crippen molar-refractivity contribution in [3.8, 4) is 0 Å². The molecule has 0 saturated carbocycles. The van der Waals surface area contributed by atoms with E-state index in [1.165, 1.54) is 5.56 Å². The highest BCUT2D eigenvalue weighted by molar-refractivity contribution is 5.93. The lowest BCUT2D eigenvalue weighted by Gasteiger charge is -2.43. The van der Waals surface area contributed by atoms with Gasteiger partial charge in [-0.1, -0.05) is 55.5 Å². The van der Waals surface area contributed by atoms with Gasteiger partial charge in [-0.15, -0.1) is 0 Å². The van der Waals surface area contributed by atoms with Gasteiger partial charge in [-0.3, -0.25) is 14.4 Å². The molecule has 3 N–H and O–H groups in total. The summed E-state index contributed by atoms with van der Waals surface area (Å²) in [6.45, 7) is 9.31. The summed E-state index contributed by atoms with van der Waals surface area (Å²) in [7, 11) is 0. The van der Waals surface area contributed by atoms with E-state index >= 15 is 0 Å². The number of carboxylic acid groups (broad SMARTS) is 1. The van der Waals surface area contributed by atoms with Crippen LogP contribution < -0.4 is 10.6 Å². The average Bonchev–Trinajstić information content (AvgIpc) is 2.81. The van der Waals surface area contributed by atoms with Gasteiger partial charge in [-0.25, -0.2) is 0 Å². The van der Waals surface area contributed by atoms with Gasteiger partial charge in [0.25, 0.3) is 12.4 Å². The van der Waals surface area contributed by atoms with E-state index in [-0.39, 0.29) is 24.2 Å². The van der Waals surface area contributed by atoms with Crippen molar-refractivity contribution in [2.24, 2.45) is 5.92 Å². The molecule has 0 bridgehead atoms. The molecule has 2 atom stereocenters. The molecular weight excluding hydrogens is 430 g/mol. The average molecular weight is 469 g/mol. The van der Waals surface area contributed by atoms with Crippen molar-refractivity contribution in [3.05, 3.63) is 65.2 Å². The Kier molecular flexibility index (Phi) is 10.7. The Hall–Kier alpha value is -3.19. The lowest BCUT2D eigenvalue weighted by molar-refractivity contribution is -0.940. The Labute approximate surface area is 202 Å². The summed E-state index contributed by atoms with van der Waals surface area (Å²) in [6, 6.07) is 16.4. The van der Waals surface area contributed by atoms with Crippen LogP contribution in [-0.4, -0.2) is 54.1 Å². The van der Waals surface area contributed by atoms with E-state index in [0.29, 0.717) is 24.1 Å². The second-order valence-electron chi connectivity index (χ2n) is 9.10. The quantitative estimate of drug-likeness (QED) is 0.405. The molecule has 7 nitrogen and oxygen atoms in total. The third-order valence-corrected chi connectivity index (χ3v) is 6.30. The molecule has 0 spiro atoms. The van der Waals surface area contributed by atoms with E-state index in [0.717, 1.165) is 49.2 Å². The SMILES string of the molecule is CCCNC(=O)C1CCC[N+](CC(=O)Nc2c(C)cccc2C)(Cc2ccccc2)C1.O=CO. The normalized spacial score (nSPS) is 19.3. The molecule has 3 rings (SSSR count). The largest absolute Gasteiger partial charge is 0.483 e. The second-order valence-corrected chi connectivity index (χ2v) is 9.10. The maximum absolute atomic E-state index is 13.2. The summed E-state index contributed by atoms with van der Waals surface area (Å²) in [5.41, 5.74) is 4.24. The van der Waals surface area contributed by atoms with Crippen LogP contribution in [0.4, 0.5) is 5.69 Å². The number of hydrogen-bond acceptors (Lipinski definition) is 3. The number of carbonyl (C=O) groups is 3. The number of piperidine rings is 1. The van der Waals surface area contributed by atoms with E-state index in [2.05, 4.69) is 29.7 Å². The molecule has 2 amide bonds. The molecule has 2 aromatic carbocycles. The number of nitrogens with one attached hydrogen (secondary N) is 2. The Balaban J connectivity index is 0.00000129. The predicted molar refractivity (Wildman–Crippen MR) is 134 cm³/mol. The van der Waals surface area contributed by atoms with E-state index in [9.17, 15) is 9.59 Å². The zero-order valence-electron chi connectivity index (χ0n) is 20.5. The molecule has 2 aromatic rings. The van der Waals surface area contributed by atoms with Crippen molar-refractivity contribution in [2.75, 3.05) is 31.5 Å². The molecule has 1 fully saturated rings. The number of benzene rings is 2. The minimum Gasteiger partial charge on any atom is -0.483 e. The summed E-state index contributed by atoms with van der Waals surface area (Å²) in [6.07, 6.45) is 2.78. The lowest BCUT2D eigenvalue weighted by Crippen LogP contribution is -2.58. The van der Waals surface area contributed by atoms with Crippen LogP contribution >= 0.6 is 0 Å². The van der Waals surface area contributed by atoms with Crippen LogP contribution in [0.5, 0.6) is 0 Å². The van der Waals surface area contributed by atoms with Crippen LogP contribution in [0.1, 0.15) is 42.9 Å². The van der Waals surface area contributed by atoms with E-state index in [1.54, 1.807) is 0 Å². The van der Waals surface area contributed by atoms with E-state index in [1.807, 2.05) is 50.2 Å². The van der Waals surface area contributed by atoms with Crippen LogP contribution in [0.25, 0.3) is 0 Å². The first-order valence-electron chi connectivity index (χ1n) is 11.9. The van der Waals surface area contributed by atoms with Gasteiger partial charge in [-0.05, 0) is 44.2 Å². The highest BCUT2D eigenvalue weighted by Gasteiger charge is 2.39. The smallest absolute Gasteiger partial charge is 0.290 e. The van der Waals surface area contributed by atoms with Crippen LogP contribution in [0.3, 0.4) is 0 Å². The summed E-state index contributed by atoms with van der Waals surface area (Å²) < 4.78 is 0.616. The summed E-state index contributed by atoms with van der Waals surface area (Å²) >= 11 is 0. The molecular formula is C27H38N3O4+. The third kappa shape index (κ3) is 7.99. The minimum atomic E-state index is -0.250. The molecule has 0 radical (unpaired) electrons. The van der Waals surface area contributed by atoms with Crippen LogP contribution in [0, 0.1) is 19.8 Å². The molecule has 1 aliphatic heterocycles. The zero-order chi connectivity index (χ0) is 25.0. The van der Waals surface area contributed by atoms with Crippen molar-refractivity contribution >= 4 is 24.0 Å². The number of quaternary nitrogens is 1. The Morgan fingerprint density at radius 1 is 1.09 bits per heavy atom. The maximum atomic E-state index is 13.2. The van der Waals surface area contributed by atoms with Crippen LogP contribution in [0.15, 0.2) is 48.5 Å². The number of nitrogens with zero attached hydrogens (tertiary/aromatic N) is 1. The number of rotatable bonds is 8. The molecule has 34 heavy (non-hydrogen) atoms. The fourth-order valence-electron chi connectivity index (χ4n) is 4.74. The van der Waals surface area contributed by atoms with Gasteiger partial charge in [0.15, 0.2) is 6.54 Å². The van der Waals surface area contributed by atoms with Gasteiger partial charge in [0, 0.05) is 17.8 Å². The first kappa shape index (κ1) is 27.1. The van der Waals surface area contributed by atoms with Gasteiger partial charge in [0.2, 0.25) is 5.91 Å². The van der Waals surface area contributed by atoms with Crippen molar-refractivity contribution in [1.29, 1.82) is 0 Å². The number of hydrogen-bond donors (Lipinski definition) is 3. The highest BCUT2D eigenvalue weighted by Crippen LogP contribution is 2.28. The fraction of sp³-hybridized carbons (Fsp3) is 0.444. The van der Waals surface area contributed by atoms with Gasteiger partial charge in [-0.2, -0.15) is 0 Å². The number of para-hydroxylation sites is 1. The van der Waals surface area contributed by atoms with Crippen molar-refractivity contribution in [1.82, 2.24) is 5.32 Å². The number of anilines is 1. The summed E-state index contributed by atoms with van der Waals surface area (Å²) in [5.74, 6) is 0.104. The van der Waals surface area contributed by atoms with Gasteiger partial charge >= 0.3 is 0 Å². The Morgan fingerprint density at radius 3 is 2.35 bits per heavy atom. The standard InChI is InChI=1S/C26H35N3O2.CH2O2/c1-4-15-27-26(31)23-14-9-16-29(18-23,17-22-12-6-5-7-13-22)19-24(30)28-25-20(2)10-8-11-21(25)3;2-1-3/h5-8,10-13,23H,4,9,14-19H2,1-3H3,(H-,27,28,30,31);1H,(H,2,3)/p+1. The number of amides is 2. The Morgan fingerprint density at radius 2 is 1.74 bits per heavy atom. The van der Waals surface area contributed by atoms with Gasteiger partial charge in [0.05, 0.1) is 19.0 Å². The summed E-state index contributed by atoms with van der Waals surface area (Å²) in [5, 5.41) is 13.1. The molecule has 1 aliphatic rings. The van der Waals surface area contributed by atoms with Crippen molar-refractivity contribution in [2.45, 2.75) is 46.6 Å². The molecule has 7 heteroatoms. The Bertz CT molecular complexity index is 928.